The summed E-state index contributed by atoms with van der Waals surface area (Å²) in [5.41, 5.74) is 6.83. The number of carbonyl (C=O) groups excluding carboxylic acids is 2. The number of nitrogens with one attached hydrogen (secondary N) is 2. The molecule has 1 aromatic carbocycles. The molecule has 11 heteroatoms. The number of aromatic nitrogens is 4. The number of ether oxygens (including phenoxy) is 1. The number of hydrogen-bond acceptors (Lipinski definition) is 8. The Kier molecular flexibility index (Phi) is 6.45. The third kappa shape index (κ3) is 5.24. The highest BCUT2D eigenvalue weighted by Crippen LogP contribution is 2.28. The number of hydrogen-bond donors (Lipinski definition) is 3. The molecule has 0 spiro atoms. The first-order valence-electron chi connectivity index (χ1n) is 12.1. The number of benzene rings is 1. The Morgan fingerprint density at radius 2 is 1.92 bits per heavy atom. The van der Waals surface area contributed by atoms with Crippen LogP contribution in [0.15, 0.2) is 42.9 Å². The third-order valence-electron chi connectivity index (χ3n) is 6.50. The molecule has 36 heavy (non-hydrogen) atoms. The van der Waals surface area contributed by atoms with Crippen LogP contribution in [-0.2, 0) is 7.05 Å². The highest BCUT2D eigenvalue weighted by molar-refractivity contribution is 5.96. The monoisotopic (exact) mass is 490 g/mol. The zero-order chi connectivity index (χ0) is 25.2. The predicted octanol–water partition coefficient (Wildman–Crippen LogP) is 2.38. The number of amides is 2. The Balaban J connectivity index is 1.30. The number of nitrogens with two attached hydrogens (primary N) is 1. The zero-order valence-electron chi connectivity index (χ0n) is 20.3. The first-order valence-corrected chi connectivity index (χ1v) is 12.1. The SMILES string of the molecule is C[C@@H]1[C@H](NC(=O)c2ccc(OC3CC3)cc2)CCCN1c1cnc(C(N)=O)c(Nc2cnn(C)c2)n1. The quantitative estimate of drug-likeness (QED) is 0.437. The number of aryl methyl sites for hydroxylation is 1. The lowest BCUT2D eigenvalue weighted by Gasteiger charge is -2.40. The molecule has 2 aliphatic rings. The molecule has 188 valence electrons. The van der Waals surface area contributed by atoms with Gasteiger partial charge in [0.05, 0.1) is 24.2 Å². The number of nitrogens with zero attached hydrogens (tertiary/aromatic N) is 5. The minimum absolute atomic E-state index is 0.0415. The van der Waals surface area contributed by atoms with E-state index in [9.17, 15) is 9.59 Å². The molecular formula is C25H30N8O3. The summed E-state index contributed by atoms with van der Waals surface area (Å²) in [5, 5.41) is 10.4. The van der Waals surface area contributed by atoms with Crippen LogP contribution in [0.1, 0.15) is 53.5 Å². The molecule has 5 rings (SSSR count). The summed E-state index contributed by atoms with van der Waals surface area (Å²) >= 11 is 0. The van der Waals surface area contributed by atoms with Crippen LogP contribution in [0.25, 0.3) is 0 Å². The van der Waals surface area contributed by atoms with Crippen molar-refractivity contribution < 1.29 is 14.3 Å². The van der Waals surface area contributed by atoms with Crippen LogP contribution in [0.4, 0.5) is 17.3 Å². The molecule has 11 nitrogen and oxygen atoms in total. The van der Waals surface area contributed by atoms with Crippen LogP contribution in [0, 0.1) is 0 Å². The molecule has 2 fully saturated rings. The van der Waals surface area contributed by atoms with Crippen molar-refractivity contribution in [1.82, 2.24) is 25.1 Å². The molecule has 2 aromatic heterocycles. The van der Waals surface area contributed by atoms with Crippen LogP contribution in [0.3, 0.4) is 0 Å². The zero-order valence-corrected chi connectivity index (χ0v) is 20.3. The van der Waals surface area contributed by atoms with Crippen LogP contribution in [-0.4, -0.2) is 56.3 Å². The maximum atomic E-state index is 13.0. The van der Waals surface area contributed by atoms with E-state index in [-0.39, 0.29) is 29.5 Å². The van der Waals surface area contributed by atoms with Gasteiger partial charge in [-0.3, -0.25) is 14.3 Å². The van der Waals surface area contributed by atoms with Gasteiger partial charge >= 0.3 is 0 Å². The lowest BCUT2D eigenvalue weighted by Crippen LogP contribution is -2.54. The summed E-state index contributed by atoms with van der Waals surface area (Å²) in [7, 11) is 1.79. The molecule has 2 amide bonds. The van der Waals surface area contributed by atoms with Crippen LogP contribution < -0.4 is 26.0 Å². The van der Waals surface area contributed by atoms with Crippen molar-refractivity contribution >= 4 is 29.1 Å². The largest absolute Gasteiger partial charge is 0.490 e. The Morgan fingerprint density at radius 1 is 1.14 bits per heavy atom. The normalized spacial score (nSPS) is 19.6. The van der Waals surface area contributed by atoms with Crippen molar-refractivity contribution in [2.24, 2.45) is 12.8 Å². The van der Waals surface area contributed by atoms with E-state index in [0.717, 1.165) is 38.0 Å². The van der Waals surface area contributed by atoms with Crippen LogP contribution in [0.5, 0.6) is 5.75 Å². The fraction of sp³-hybridized carbons (Fsp3) is 0.400. The van der Waals surface area contributed by atoms with Gasteiger partial charge in [-0.25, -0.2) is 9.97 Å². The average molecular weight is 491 g/mol. The van der Waals surface area contributed by atoms with Gasteiger partial charge in [0.15, 0.2) is 11.5 Å². The Hall–Kier alpha value is -4.15. The van der Waals surface area contributed by atoms with Crippen LogP contribution >= 0.6 is 0 Å². The molecule has 0 unspecified atom stereocenters. The second-order valence-corrected chi connectivity index (χ2v) is 9.32. The molecule has 2 atom stereocenters. The molecule has 0 radical (unpaired) electrons. The molecule has 3 heterocycles. The van der Waals surface area contributed by atoms with Crippen molar-refractivity contribution in [2.75, 3.05) is 16.8 Å². The Labute approximate surface area is 209 Å². The lowest BCUT2D eigenvalue weighted by atomic mass is 9.97. The molecule has 1 saturated heterocycles. The number of carbonyl (C=O) groups is 2. The third-order valence-corrected chi connectivity index (χ3v) is 6.50. The summed E-state index contributed by atoms with van der Waals surface area (Å²) in [6, 6.07) is 7.15. The van der Waals surface area contributed by atoms with Gasteiger partial charge in [-0.15, -0.1) is 0 Å². The van der Waals surface area contributed by atoms with Crippen LogP contribution in [0.2, 0.25) is 0 Å². The summed E-state index contributed by atoms with van der Waals surface area (Å²) in [6.45, 7) is 2.80. The number of primary amides is 1. The van der Waals surface area contributed by atoms with E-state index in [1.54, 1.807) is 42.5 Å². The molecule has 1 aliphatic heterocycles. The Bertz CT molecular complexity index is 1250. The number of piperidine rings is 1. The smallest absolute Gasteiger partial charge is 0.271 e. The van der Waals surface area contributed by atoms with Crippen molar-refractivity contribution in [3.8, 4) is 5.75 Å². The van der Waals surface area contributed by atoms with E-state index in [1.807, 2.05) is 12.1 Å². The van der Waals surface area contributed by atoms with Gasteiger partial charge in [-0.1, -0.05) is 0 Å². The minimum Gasteiger partial charge on any atom is -0.490 e. The minimum atomic E-state index is -0.675. The molecule has 0 bridgehead atoms. The van der Waals surface area contributed by atoms with Gasteiger partial charge in [0.1, 0.15) is 11.6 Å². The molecule has 1 aliphatic carbocycles. The predicted molar refractivity (Wildman–Crippen MR) is 134 cm³/mol. The van der Waals surface area contributed by atoms with E-state index in [2.05, 4.69) is 37.5 Å². The van der Waals surface area contributed by atoms with E-state index in [4.69, 9.17) is 10.5 Å². The highest BCUT2D eigenvalue weighted by atomic mass is 16.5. The van der Waals surface area contributed by atoms with Gasteiger partial charge in [0.2, 0.25) is 0 Å². The first kappa shape index (κ1) is 23.6. The van der Waals surface area contributed by atoms with E-state index < -0.39 is 5.91 Å². The van der Waals surface area contributed by atoms with Crippen molar-refractivity contribution in [2.45, 2.75) is 50.8 Å². The van der Waals surface area contributed by atoms with Crippen molar-refractivity contribution in [3.05, 3.63) is 54.1 Å². The molecule has 4 N–H and O–H groups in total. The molecule has 1 saturated carbocycles. The number of rotatable bonds is 8. The maximum Gasteiger partial charge on any atom is 0.271 e. The fourth-order valence-corrected chi connectivity index (χ4v) is 4.38. The summed E-state index contributed by atoms with van der Waals surface area (Å²) in [4.78, 5) is 36.0. The van der Waals surface area contributed by atoms with E-state index in [0.29, 0.717) is 23.2 Å². The maximum absolute atomic E-state index is 13.0. The van der Waals surface area contributed by atoms with Gasteiger partial charge in [-0.05, 0) is 56.9 Å². The second kappa shape index (κ2) is 9.84. The summed E-state index contributed by atoms with van der Waals surface area (Å²) < 4.78 is 7.41. The van der Waals surface area contributed by atoms with Gasteiger partial charge in [-0.2, -0.15) is 5.10 Å². The second-order valence-electron chi connectivity index (χ2n) is 9.32. The van der Waals surface area contributed by atoms with Gasteiger partial charge in [0.25, 0.3) is 11.8 Å². The van der Waals surface area contributed by atoms with E-state index in [1.165, 1.54) is 0 Å². The summed E-state index contributed by atoms with van der Waals surface area (Å²) in [6.07, 6.45) is 9.16. The topological polar surface area (TPSA) is 140 Å². The molecule has 3 aromatic rings. The van der Waals surface area contributed by atoms with Gasteiger partial charge in [0, 0.05) is 37.4 Å². The first-order chi connectivity index (χ1) is 17.4. The number of anilines is 3. The summed E-state index contributed by atoms with van der Waals surface area (Å²) in [5.74, 6) is 0.853. The van der Waals surface area contributed by atoms with Crippen molar-refractivity contribution in [1.29, 1.82) is 0 Å². The standard InChI is InChI=1S/C25H30N8O3/c1-15-20(30-25(35)16-5-7-18(8-6-16)36-19-9-10-19)4-3-11-33(15)21-13-27-22(23(26)34)24(31-21)29-17-12-28-32(2)14-17/h5-8,12-15,19-20H,3-4,9-11H2,1-2H3,(H2,26,34)(H,29,31)(H,30,35)/t15-,20-/m1/s1. The average Bonchev–Trinajstić information content (AvgIpc) is 3.59. The molecular weight excluding hydrogens is 460 g/mol. The van der Waals surface area contributed by atoms with Gasteiger partial charge < -0.3 is 26.0 Å². The Morgan fingerprint density at radius 3 is 2.58 bits per heavy atom. The highest BCUT2D eigenvalue weighted by Gasteiger charge is 2.31. The fourth-order valence-electron chi connectivity index (χ4n) is 4.38. The lowest BCUT2D eigenvalue weighted by molar-refractivity contribution is 0.0923. The van der Waals surface area contributed by atoms with E-state index >= 15 is 0 Å². The van der Waals surface area contributed by atoms with Crippen molar-refractivity contribution in [3.63, 3.8) is 0 Å².